The van der Waals surface area contributed by atoms with E-state index in [-0.39, 0.29) is 0 Å². The van der Waals surface area contributed by atoms with E-state index in [9.17, 15) is 0 Å². The van der Waals surface area contributed by atoms with Gasteiger partial charge in [0.15, 0.2) is 5.84 Å². The summed E-state index contributed by atoms with van der Waals surface area (Å²) in [6, 6.07) is 19.4. The molecule has 0 N–H and O–H groups in total. The SMILES string of the molecule is C=NC(=NC1CCCCC1)c1cccc(Cl)c1CCc1c(C)ccc2ccccc12. The molecule has 0 atom stereocenters. The zero-order chi connectivity index (χ0) is 20.9. The Labute approximate surface area is 184 Å². The number of rotatable bonds is 5. The van der Waals surface area contributed by atoms with Crippen LogP contribution in [0, 0.1) is 6.92 Å². The van der Waals surface area contributed by atoms with E-state index < -0.39 is 0 Å². The average Bonchev–Trinajstić information content (AvgIpc) is 2.78. The Balaban J connectivity index is 1.67. The van der Waals surface area contributed by atoms with Crippen LogP contribution < -0.4 is 0 Å². The van der Waals surface area contributed by atoms with E-state index in [0.29, 0.717) is 6.04 Å². The molecule has 30 heavy (non-hydrogen) atoms. The maximum atomic E-state index is 6.68. The van der Waals surface area contributed by atoms with E-state index in [1.807, 2.05) is 12.1 Å². The quantitative estimate of drug-likeness (QED) is 0.306. The predicted molar refractivity (Wildman–Crippen MR) is 131 cm³/mol. The van der Waals surface area contributed by atoms with Gasteiger partial charge in [-0.1, -0.05) is 79.4 Å². The highest BCUT2D eigenvalue weighted by Crippen LogP contribution is 2.28. The van der Waals surface area contributed by atoms with Crippen LogP contribution >= 0.6 is 11.6 Å². The third-order valence-electron chi connectivity index (χ3n) is 6.29. The molecule has 3 aromatic carbocycles. The van der Waals surface area contributed by atoms with Gasteiger partial charge in [-0.15, -0.1) is 0 Å². The fourth-order valence-electron chi connectivity index (χ4n) is 4.63. The zero-order valence-electron chi connectivity index (χ0n) is 17.7. The third kappa shape index (κ3) is 4.49. The molecule has 0 radical (unpaired) electrons. The fraction of sp³-hybridized carbons (Fsp3) is 0.333. The maximum Gasteiger partial charge on any atom is 0.154 e. The summed E-state index contributed by atoms with van der Waals surface area (Å²) in [5.41, 5.74) is 4.85. The van der Waals surface area contributed by atoms with E-state index in [4.69, 9.17) is 16.6 Å². The lowest BCUT2D eigenvalue weighted by Crippen LogP contribution is -2.14. The third-order valence-corrected chi connectivity index (χ3v) is 6.64. The molecule has 1 fully saturated rings. The van der Waals surface area contributed by atoms with Crippen LogP contribution in [0.3, 0.4) is 0 Å². The number of halogens is 1. The highest BCUT2D eigenvalue weighted by Gasteiger charge is 2.17. The second-order valence-electron chi connectivity index (χ2n) is 8.25. The summed E-state index contributed by atoms with van der Waals surface area (Å²) in [5, 5.41) is 3.39. The first-order valence-electron chi connectivity index (χ1n) is 11.0. The molecule has 3 heteroatoms. The summed E-state index contributed by atoms with van der Waals surface area (Å²) < 4.78 is 0. The smallest absolute Gasteiger partial charge is 0.154 e. The largest absolute Gasteiger partial charge is 0.263 e. The normalized spacial score (nSPS) is 15.5. The number of hydrogen-bond donors (Lipinski definition) is 0. The number of benzene rings is 3. The van der Waals surface area contributed by atoms with Crippen molar-refractivity contribution in [3.63, 3.8) is 0 Å². The highest BCUT2D eigenvalue weighted by molar-refractivity contribution is 6.32. The minimum Gasteiger partial charge on any atom is -0.263 e. The number of aryl methyl sites for hydroxylation is 2. The monoisotopic (exact) mass is 416 g/mol. The minimum absolute atomic E-state index is 0.353. The topological polar surface area (TPSA) is 24.7 Å². The Kier molecular flexibility index (Phi) is 6.64. The van der Waals surface area contributed by atoms with Gasteiger partial charge in [0, 0.05) is 10.6 Å². The molecule has 4 rings (SSSR count). The Morgan fingerprint density at radius 1 is 0.933 bits per heavy atom. The van der Waals surface area contributed by atoms with Crippen molar-refractivity contribution in [3.05, 3.63) is 81.9 Å². The Morgan fingerprint density at radius 3 is 2.50 bits per heavy atom. The zero-order valence-corrected chi connectivity index (χ0v) is 18.5. The van der Waals surface area contributed by atoms with Crippen molar-refractivity contribution in [2.45, 2.75) is 57.9 Å². The molecule has 0 bridgehead atoms. The lowest BCUT2D eigenvalue weighted by Gasteiger charge is -2.19. The van der Waals surface area contributed by atoms with Crippen molar-refractivity contribution < 1.29 is 0 Å². The van der Waals surface area contributed by atoms with Crippen LogP contribution in [0.5, 0.6) is 0 Å². The van der Waals surface area contributed by atoms with Crippen LogP contribution in [0.1, 0.15) is 54.4 Å². The van der Waals surface area contributed by atoms with Gasteiger partial charge in [0.05, 0.1) is 6.04 Å². The summed E-state index contributed by atoms with van der Waals surface area (Å²) in [7, 11) is 0. The van der Waals surface area contributed by atoms with Gasteiger partial charge in [-0.25, -0.2) is 4.99 Å². The molecule has 0 saturated heterocycles. The Bertz CT molecular complexity index is 1080. The van der Waals surface area contributed by atoms with Gasteiger partial charge in [0.2, 0.25) is 0 Å². The summed E-state index contributed by atoms with van der Waals surface area (Å²) in [6.45, 7) is 6.01. The molecule has 1 aliphatic rings. The molecular formula is C27H29ClN2. The lowest BCUT2D eigenvalue weighted by molar-refractivity contribution is 0.443. The van der Waals surface area contributed by atoms with Gasteiger partial charge in [-0.3, -0.25) is 4.99 Å². The molecular weight excluding hydrogens is 388 g/mol. The first-order chi connectivity index (χ1) is 14.7. The molecule has 1 saturated carbocycles. The highest BCUT2D eigenvalue weighted by atomic mass is 35.5. The number of hydrogen-bond acceptors (Lipinski definition) is 1. The van der Waals surface area contributed by atoms with E-state index in [1.165, 1.54) is 41.2 Å². The van der Waals surface area contributed by atoms with Gasteiger partial charge in [0.25, 0.3) is 0 Å². The summed E-state index contributed by atoms with van der Waals surface area (Å²) in [6.07, 6.45) is 7.88. The van der Waals surface area contributed by atoms with Crippen molar-refractivity contribution in [2.24, 2.45) is 9.98 Å². The standard InChI is InChI=1S/C27H29ClN2/c1-19-15-16-20-9-6-7-12-23(20)22(19)17-18-24-25(13-8-14-26(24)28)27(29-2)30-21-10-4-3-5-11-21/h6-9,12-16,21H,2-5,10-11,17-18H2,1H3. The van der Waals surface area contributed by atoms with Gasteiger partial charge in [-0.2, -0.15) is 0 Å². The molecule has 1 aliphatic carbocycles. The van der Waals surface area contributed by atoms with E-state index >= 15 is 0 Å². The number of fused-ring (bicyclic) bond motifs is 1. The molecule has 3 aromatic rings. The molecule has 0 amide bonds. The van der Waals surface area contributed by atoms with Crippen molar-refractivity contribution in [3.8, 4) is 0 Å². The van der Waals surface area contributed by atoms with E-state index in [2.05, 4.69) is 61.1 Å². The van der Waals surface area contributed by atoms with E-state index in [1.54, 1.807) is 0 Å². The van der Waals surface area contributed by atoms with E-state index in [0.717, 1.165) is 47.7 Å². The first-order valence-corrected chi connectivity index (χ1v) is 11.3. The lowest BCUT2D eigenvalue weighted by atomic mass is 9.92. The van der Waals surface area contributed by atoms with Crippen LogP contribution in [0.25, 0.3) is 10.8 Å². The molecule has 2 nitrogen and oxygen atoms in total. The molecule has 154 valence electrons. The van der Waals surface area contributed by atoms with Gasteiger partial charge in [-0.05, 0) is 72.9 Å². The maximum absolute atomic E-state index is 6.68. The van der Waals surface area contributed by atoms with Crippen molar-refractivity contribution >= 4 is 34.9 Å². The van der Waals surface area contributed by atoms with Crippen molar-refractivity contribution in [1.29, 1.82) is 0 Å². The Morgan fingerprint density at radius 2 is 1.70 bits per heavy atom. The first kappa shape index (κ1) is 20.8. The van der Waals surface area contributed by atoms with Crippen LogP contribution in [0.2, 0.25) is 5.02 Å². The fourth-order valence-corrected chi connectivity index (χ4v) is 4.90. The second-order valence-corrected chi connectivity index (χ2v) is 8.66. The van der Waals surface area contributed by atoms with Crippen LogP contribution in [0.4, 0.5) is 0 Å². The summed E-state index contributed by atoms with van der Waals surface area (Å²) in [4.78, 5) is 9.30. The van der Waals surface area contributed by atoms with Crippen molar-refractivity contribution in [1.82, 2.24) is 0 Å². The van der Waals surface area contributed by atoms with Gasteiger partial charge < -0.3 is 0 Å². The molecule has 0 spiro atoms. The number of amidine groups is 1. The predicted octanol–water partition coefficient (Wildman–Crippen LogP) is 7.37. The van der Waals surface area contributed by atoms with Crippen LogP contribution in [-0.4, -0.2) is 18.6 Å². The van der Waals surface area contributed by atoms with Gasteiger partial charge in [0.1, 0.15) is 0 Å². The van der Waals surface area contributed by atoms with Gasteiger partial charge >= 0.3 is 0 Å². The van der Waals surface area contributed by atoms with Crippen LogP contribution in [-0.2, 0) is 12.8 Å². The summed E-state index contributed by atoms with van der Waals surface area (Å²) >= 11 is 6.68. The second kappa shape index (κ2) is 9.57. The molecule has 0 aliphatic heterocycles. The molecule has 0 heterocycles. The molecule has 0 unspecified atom stereocenters. The van der Waals surface area contributed by atoms with Crippen molar-refractivity contribution in [2.75, 3.05) is 0 Å². The minimum atomic E-state index is 0.353. The molecule has 0 aromatic heterocycles. The summed E-state index contributed by atoms with van der Waals surface area (Å²) in [5.74, 6) is 0.744. The Hall–Kier alpha value is -2.45. The number of nitrogens with zero attached hydrogens (tertiary/aromatic N) is 2. The number of aliphatic imine (C=N–C) groups is 2. The average molecular weight is 417 g/mol. The van der Waals surface area contributed by atoms with Crippen LogP contribution in [0.15, 0.2) is 64.6 Å².